The third-order valence-corrected chi connectivity index (χ3v) is 5.69. The second kappa shape index (κ2) is 6.59. The monoisotopic (exact) mass is 315 g/mol. The van der Waals surface area contributed by atoms with Crippen molar-refractivity contribution in [3.8, 4) is 0 Å². The van der Waals surface area contributed by atoms with Gasteiger partial charge in [0.25, 0.3) is 5.91 Å². The van der Waals surface area contributed by atoms with Crippen molar-refractivity contribution in [2.24, 2.45) is 5.92 Å². The molecule has 0 bridgehead atoms. The van der Waals surface area contributed by atoms with E-state index < -0.39 is 9.84 Å². The molecule has 0 saturated carbocycles. The molecule has 4 nitrogen and oxygen atoms in total. The highest BCUT2D eigenvalue weighted by Crippen LogP contribution is 2.22. The van der Waals surface area contributed by atoms with Gasteiger partial charge in [-0.2, -0.15) is 0 Å². The Morgan fingerprint density at radius 2 is 2.10 bits per heavy atom. The summed E-state index contributed by atoms with van der Waals surface area (Å²) in [5.74, 6) is 0.668. The van der Waals surface area contributed by atoms with Crippen LogP contribution in [0.25, 0.3) is 0 Å². The summed E-state index contributed by atoms with van der Waals surface area (Å²) in [6.07, 6.45) is 2.37. The standard InChI is InChI=1S/C14H18ClNO3S/c15-13-6-2-1-5-12(13)14(17)16-8-3-4-11-7-9-20(18,19)10-11/h1-2,5-6,11H,3-4,7-10H2,(H,16,17). The van der Waals surface area contributed by atoms with Crippen LogP contribution in [0, 0.1) is 5.92 Å². The number of carbonyl (C=O) groups excluding carboxylic acids is 1. The van der Waals surface area contributed by atoms with Gasteiger partial charge >= 0.3 is 0 Å². The van der Waals surface area contributed by atoms with Crippen LogP contribution in [-0.2, 0) is 9.84 Å². The van der Waals surface area contributed by atoms with E-state index in [4.69, 9.17) is 11.6 Å². The molecule has 0 aliphatic carbocycles. The summed E-state index contributed by atoms with van der Waals surface area (Å²) < 4.78 is 22.6. The maximum absolute atomic E-state index is 11.9. The molecule has 1 heterocycles. The first-order valence-corrected chi connectivity index (χ1v) is 8.91. The van der Waals surface area contributed by atoms with Crippen molar-refractivity contribution in [2.75, 3.05) is 18.1 Å². The Bertz CT molecular complexity index is 586. The summed E-state index contributed by atoms with van der Waals surface area (Å²) in [6.45, 7) is 0.542. The summed E-state index contributed by atoms with van der Waals surface area (Å²) in [5, 5.41) is 3.25. The lowest BCUT2D eigenvalue weighted by atomic mass is 10.0. The Kier molecular flexibility index (Phi) is 5.05. The number of hydrogen-bond donors (Lipinski definition) is 1. The van der Waals surface area contributed by atoms with E-state index in [1.54, 1.807) is 24.3 Å². The van der Waals surface area contributed by atoms with Crippen LogP contribution < -0.4 is 5.32 Å². The molecule has 0 radical (unpaired) electrons. The highest BCUT2D eigenvalue weighted by Gasteiger charge is 2.27. The second-order valence-corrected chi connectivity index (χ2v) is 7.78. The van der Waals surface area contributed by atoms with Crippen molar-refractivity contribution < 1.29 is 13.2 Å². The molecule has 1 atom stereocenters. The maximum atomic E-state index is 11.9. The van der Waals surface area contributed by atoms with Crippen molar-refractivity contribution in [3.63, 3.8) is 0 Å². The van der Waals surface area contributed by atoms with Gasteiger partial charge in [0.15, 0.2) is 9.84 Å². The number of carbonyl (C=O) groups is 1. The van der Waals surface area contributed by atoms with Gasteiger partial charge in [0, 0.05) is 6.54 Å². The quantitative estimate of drug-likeness (QED) is 0.848. The predicted octanol–water partition coefficient (Wildman–Crippen LogP) is 2.28. The number of rotatable bonds is 5. The van der Waals surface area contributed by atoms with E-state index in [1.165, 1.54) is 0 Å². The van der Waals surface area contributed by atoms with Crippen LogP contribution in [0.1, 0.15) is 29.6 Å². The molecule has 1 aromatic rings. The van der Waals surface area contributed by atoms with E-state index in [0.29, 0.717) is 28.6 Å². The minimum absolute atomic E-state index is 0.186. The van der Waals surface area contributed by atoms with Crippen molar-refractivity contribution in [3.05, 3.63) is 34.9 Å². The number of sulfone groups is 1. The number of halogens is 1. The lowest BCUT2D eigenvalue weighted by Crippen LogP contribution is -2.25. The normalized spacial score (nSPS) is 20.8. The summed E-state index contributed by atoms with van der Waals surface area (Å²) >= 11 is 5.94. The first-order valence-electron chi connectivity index (χ1n) is 6.71. The van der Waals surface area contributed by atoms with E-state index in [2.05, 4.69) is 5.32 Å². The van der Waals surface area contributed by atoms with Gasteiger partial charge in [-0.15, -0.1) is 0 Å². The molecule has 0 spiro atoms. The number of benzene rings is 1. The fraction of sp³-hybridized carbons (Fsp3) is 0.500. The smallest absolute Gasteiger partial charge is 0.252 e. The molecule has 1 saturated heterocycles. The highest BCUT2D eigenvalue weighted by molar-refractivity contribution is 7.91. The summed E-state index contributed by atoms with van der Waals surface area (Å²) in [4.78, 5) is 11.9. The summed E-state index contributed by atoms with van der Waals surface area (Å²) in [6, 6.07) is 6.91. The molecule has 1 aromatic carbocycles. The zero-order chi connectivity index (χ0) is 14.6. The van der Waals surface area contributed by atoms with E-state index in [-0.39, 0.29) is 11.8 Å². The molecular weight excluding hydrogens is 298 g/mol. The van der Waals surface area contributed by atoms with Crippen LogP contribution in [-0.4, -0.2) is 32.4 Å². The fourth-order valence-corrected chi connectivity index (χ4v) is 4.57. The first kappa shape index (κ1) is 15.3. The van der Waals surface area contributed by atoms with Crippen molar-refractivity contribution in [2.45, 2.75) is 19.3 Å². The largest absolute Gasteiger partial charge is 0.352 e. The Balaban J connectivity index is 1.72. The number of hydrogen-bond acceptors (Lipinski definition) is 3. The molecule has 20 heavy (non-hydrogen) atoms. The lowest BCUT2D eigenvalue weighted by Gasteiger charge is -2.09. The van der Waals surface area contributed by atoms with Gasteiger partial charge in [-0.05, 0) is 37.3 Å². The van der Waals surface area contributed by atoms with Gasteiger partial charge in [-0.25, -0.2) is 8.42 Å². The lowest BCUT2D eigenvalue weighted by molar-refractivity contribution is 0.0952. The van der Waals surface area contributed by atoms with Crippen molar-refractivity contribution in [1.29, 1.82) is 0 Å². The third kappa shape index (κ3) is 4.21. The molecular formula is C14H18ClNO3S. The van der Waals surface area contributed by atoms with E-state index >= 15 is 0 Å². The molecule has 1 aliphatic heterocycles. The minimum Gasteiger partial charge on any atom is -0.352 e. The van der Waals surface area contributed by atoms with Gasteiger partial charge < -0.3 is 5.32 Å². The Morgan fingerprint density at radius 1 is 1.35 bits per heavy atom. The van der Waals surface area contributed by atoms with Crippen LogP contribution in [0.2, 0.25) is 5.02 Å². The minimum atomic E-state index is -2.80. The molecule has 1 amide bonds. The molecule has 110 valence electrons. The molecule has 1 unspecified atom stereocenters. The molecule has 1 N–H and O–H groups in total. The van der Waals surface area contributed by atoms with E-state index in [1.807, 2.05) is 0 Å². The third-order valence-electron chi connectivity index (χ3n) is 3.52. The first-order chi connectivity index (χ1) is 9.48. The van der Waals surface area contributed by atoms with Crippen LogP contribution in [0.5, 0.6) is 0 Å². The Labute approximate surface area is 124 Å². The van der Waals surface area contributed by atoms with Crippen molar-refractivity contribution in [1.82, 2.24) is 5.32 Å². The predicted molar refractivity (Wildman–Crippen MR) is 79.8 cm³/mol. The van der Waals surface area contributed by atoms with Gasteiger partial charge in [0.1, 0.15) is 0 Å². The summed E-state index contributed by atoms with van der Waals surface area (Å²) in [7, 11) is -2.80. The fourth-order valence-electron chi connectivity index (χ4n) is 2.43. The highest BCUT2D eigenvalue weighted by atomic mass is 35.5. The van der Waals surface area contributed by atoms with Crippen LogP contribution >= 0.6 is 11.6 Å². The Hall–Kier alpha value is -1.07. The molecule has 1 aliphatic rings. The zero-order valence-corrected chi connectivity index (χ0v) is 12.7. The van der Waals surface area contributed by atoms with Crippen molar-refractivity contribution >= 4 is 27.3 Å². The topological polar surface area (TPSA) is 63.2 Å². The van der Waals surface area contributed by atoms with Gasteiger partial charge in [0.2, 0.25) is 0 Å². The Morgan fingerprint density at radius 3 is 2.75 bits per heavy atom. The average molecular weight is 316 g/mol. The van der Waals surface area contributed by atoms with E-state index in [0.717, 1.165) is 19.3 Å². The second-order valence-electron chi connectivity index (χ2n) is 5.15. The zero-order valence-electron chi connectivity index (χ0n) is 11.1. The maximum Gasteiger partial charge on any atom is 0.252 e. The van der Waals surface area contributed by atoms with Crippen LogP contribution in [0.4, 0.5) is 0 Å². The van der Waals surface area contributed by atoms with Gasteiger partial charge in [-0.3, -0.25) is 4.79 Å². The van der Waals surface area contributed by atoms with Crippen LogP contribution in [0.3, 0.4) is 0 Å². The average Bonchev–Trinajstić information content (AvgIpc) is 2.74. The molecule has 6 heteroatoms. The van der Waals surface area contributed by atoms with E-state index in [9.17, 15) is 13.2 Å². The number of nitrogens with one attached hydrogen (secondary N) is 1. The van der Waals surface area contributed by atoms with Crippen LogP contribution in [0.15, 0.2) is 24.3 Å². The summed E-state index contributed by atoms with van der Waals surface area (Å²) in [5.41, 5.74) is 0.470. The molecule has 0 aromatic heterocycles. The molecule has 2 rings (SSSR count). The SMILES string of the molecule is O=C(NCCCC1CCS(=O)(=O)C1)c1ccccc1Cl. The number of amides is 1. The van der Waals surface area contributed by atoms with Gasteiger partial charge in [0.05, 0.1) is 22.1 Å². The molecule has 1 fully saturated rings. The van der Waals surface area contributed by atoms with Gasteiger partial charge in [-0.1, -0.05) is 23.7 Å².